The van der Waals surface area contributed by atoms with Gasteiger partial charge in [-0.15, -0.1) is 0 Å². The summed E-state index contributed by atoms with van der Waals surface area (Å²) in [7, 11) is 1.24. The number of allylic oxidation sites excluding steroid dienone is 2. The molecule has 4 aliphatic rings. The van der Waals surface area contributed by atoms with Crippen LogP contribution in [0, 0.1) is 17.2 Å². The first-order chi connectivity index (χ1) is 16.1. The Morgan fingerprint density at radius 1 is 1.26 bits per heavy atom. The number of methoxy groups -OCH3 is 1. The Labute approximate surface area is 200 Å². The summed E-state index contributed by atoms with van der Waals surface area (Å²) in [4.78, 5) is 26.8. The third-order valence-corrected chi connectivity index (χ3v) is 7.95. The zero-order valence-electron chi connectivity index (χ0n) is 20.2. The van der Waals surface area contributed by atoms with Gasteiger partial charge in [-0.05, 0) is 68.9 Å². The maximum absolute atomic E-state index is 15.3. The van der Waals surface area contributed by atoms with Gasteiger partial charge in [0.1, 0.15) is 17.6 Å². The summed E-state index contributed by atoms with van der Waals surface area (Å²) < 4.78 is 26.4. The quantitative estimate of drug-likeness (QED) is 0.493. The second-order valence-corrected chi connectivity index (χ2v) is 11.4. The predicted octanol–water partition coefficient (Wildman–Crippen LogP) is 4.36. The molecule has 3 unspecified atom stereocenters. The number of rotatable bonds is 6. The third kappa shape index (κ3) is 4.35. The molecule has 1 aromatic carbocycles. The van der Waals surface area contributed by atoms with Gasteiger partial charge in [-0.2, -0.15) is 0 Å². The molecule has 6 nitrogen and oxygen atoms in total. The van der Waals surface area contributed by atoms with Gasteiger partial charge >= 0.3 is 5.97 Å². The van der Waals surface area contributed by atoms with E-state index in [1.54, 1.807) is 13.0 Å². The summed E-state index contributed by atoms with van der Waals surface area (Å²) in [5.74, 6) is -0.482. The average Bonchev–Trinajstić information content (AvgIpc) is 3.51. The first-order valence-corrected chi connectivity index (χ1v) is 12.4. The molecule has 7 heteroatoms. The van der Waals surface area contributed by atoms with E-state index in [4.69, 9.17) is 9.47 Å². The van der Waals surface area contributed by atoms with Gasteiger partial charge in [0.25, 0.3) is 5.91 Å². The van der Waals surface area contributed by atoms with Crippen LogP contribution in [-0.2, 0) is 9.53 Å². The Kier molecular flexibility index (Phi) is 5.74. The lowest BCUT2D eigenvalue weighted by Gasteiger charge is -2.36. The number of hydrogen-bond donors (Lipinski definition) is 1. The number of hydrogen-bond acceptors (Lipinski definition) is 5. The Hall–Kier alpha value is -2.41. The van der Waals surface area contributed by atoms with Crippen molar-refractivity contribution in [1.82, 2.24) is 4.90 Å². The molecule has 3 fully saturated rings. The fourth-order valence-corrected chi connectivity index (χ4v) is 6.31. The molecule has 1 aromatic rings. The van der Waals surface area contributed by atoms with Gasteiger partial charge in [0.15, 0.2) is 0 Å². The Morgan fingerprint density at radius 3 is 2.74 bits per heavy atom. The van der Waals surface area contributed by atoms with E-state index in [2.05, 4.69) is 13.0 Å². The van der Waals surface area contributed by atoms with Gasteiger partial charge in [0.2, 0.25) is 0 Å². The molecule has 0 radical (unpaired) electrons. The number of ether oxygens (including phenoxy) is 2. The number of carbonyl (C=O) groups is 2. The van der Waals surface area contributed by atoms with E-state index in [1.807, 2.05) is 0 Å². The Balaban J connectivity index is 1.39. The summed E-state index contributed by atoms with van der Waals surface area (Å²) in [5.41, 5.74) is 1.14. The van der Waals surface area contributed by atoms with Gasteiger partial charge < -0.3 is 19.5 Å². The minimum Gasteiger partial charge on any atom is -0.493 e. The smallest absolute Gasteiger partial charge is 0.328 e. The van der Waals surface area contributed by atoms with Crippen LogP contribution in [0.4, 0.5) is 4.39 Å². The average molecular weight is 472 g/mol. The summed E-state index contributed by atoms with van der Waals surface area (Å²) in [6, 6.07) is 2.00. The fourth-order valence-electron chi connectivity index (χ4n) is 6.31. The molecule has 0 spiro atoms. The SMILES string of the molecule is COC(=O)[C@@H]1CC(C)(O)CN1C(=O)c1cc(C2CC2)c(OCC23CC=C(CC(C)C2)C3)cc1F. The highest BCUT2D eigenvalue weighted by Crippen LogP contribution is 2.51. The Bertz CT molecular complexity index is 1050. The maximum Gasteiger partial charge on any atom is 0.328 e. The number of nitrogens with zero attached hydrogens (tertiary/aromatic N) is 1. The molecule has 0 aromatic heterocycles. The summed E-state index contributed by atoms with van der Waals surface area (Å²) >= 11 is 0. The number of β-amino-alcohol motifs (C(OH)–C–C–N with tert-alkyl or cyclic N) is 1. The maximum atomic E-state index is 15.3. The van der Waals surface area contributed by atoms with Crippen LogP contribution in [0.15, 0.2) is 23.8 Å². The highest BCUT2D eigenvalue weighted by atomic mass is 19.1. The van der Waals surface area contributed by atoms with Gasteiger partial charge in [0, 0.05) is 17.9 Å². The first kappa shape index (κ1) is 23.3. The van der Waals surface area contributed by atoms with Crippen molar-refractivity contribution in [2.45, 2.75) is 76.4 Å². The van der Waals surface area contributed by atoms with Crippen LogP contribution in [0.1, 0.15) is 80.6 Å². The fraction of sp³-hybridized carbons (Fsp3) is 0.630. The van der Waals surface area contributed by atoms with Crippen molar-refractivity contribution in [3.8, 4) is 5.75 Å². The summed E-state index contributed by atoms with van der Waals surface area (Å²) in [6.45, 7) is 4.33. The van der Waals surface area contributed by atoms with Crippen LogP contribution in [0.5, 0.6) is 5.75 Å². The summed E-state index contributed by atoms with van der Waals surface area (Å²) in [6.07, 6.45) is 8.69. The van der Waals surface area contributed by atoms with Crippen molar-refractivity contribution >= 4 is 11.9 Å². The lowest BCUT2D eigenvalue weighted by Crippen LogP contribution is -2.42. The van der Waals surface area contributed by atoms with Gasteiger partial charge in [0.05, 0.1) is 31.4 Å². The van der Waals surface area contributed by atoms with Crippen LogP contribution in [0.25, 0.3) is 0 Å². The molecule has 1 saturated heterocycles. The highest BCUT2D eigenvalue weighted by molar-refractivity contribution is 5.98. The molecule has 2 bridgehead atoms. The molecule has 1 heterocycles. The first-order valence-electron chi connectivity index (χ1n) is 12.4. The van der Waals surface area contributed by atoms with Crippen molar-refractivity contribution in [2.75, 3.05) is 20.3 Å². The molecule has 1 amide bonds. The van der Waals surface area contributed by atoms with E-state index in [0.29, 0.717) is 18.3 Å². The minimum atomic E-state index is -1.24. The van der Waals surface area contributed by atoms with Gasteiger partial charge in [-0.25, -0.2) is 9.18 Å². The zero-order valence-corrected chi connectivity index (χ0v) is 20.2. The van der Waals surface area contributed by atoms with Crippen molar-refractivity contribution < 1.29 is 28.6 Å². The molecular weight excluding hydrogens is 437 g/mol. The van der Waals surface area contributed by atoms with Crippen molar-refractivity contribution in [3.05, 3.63) is 40.7 Å². The molecule has 5 rings (SSSR count). The zero-order chi connectivity index (χ0) is 24.3. The predicted molar refractivity (Wildman–Crippen MR) is 124 cm³/mol. The van der Waals surface area contributed by atoms with E-state index < -0.39 is 29.3 Å². The third-order valence-electron chi connectivity index (χ3n) is 7.95. The van der Waals surface area contributed by atoms with Crippen LogP contribution < -0.4 is 4.74 Å². The number of carbonyl (C=O) groups excluding carboxylic acids is 2. The second-order valence-electron chi connectivity index (χ2n) is 11.4. The van der Waals surface area contributed by atoms with Gasteiger partial charge in [-0.3, -0.25) is 4.79 Å². The lowest BCUT2D eigenvalue weighted by atomic mass is 9.72. The van der Waals surface area contributed by atoms with Crippen molar-refractivity contribution in [3.63, 3.8) is 0 Å². The normalized spacial score (nSPS) is 32.5. The molecule has 1 N–H and O–H groups in total. The summed E-state index contributed by atoms with van der Waals surface area (Å²) in [5, 5.41) is 10.5. The van der Waals surface area contributed by atoms with Crippen molar-refractivity contribution in [1.29, 1.82) is 0 Å². The van der Waals surface area contributed by atoms with Crippen LogP contribution in [-0.4, -0.2) is 53.8 Å². The number of likely N-dealkylation sites (tertiary alicyclic amines) is 1. The lowest BCUT2D eigenvalue weighted by molar-refractivity contribution is -0.145. The molecule has 34 heavy (non-hydrogen) atoms. The van der Waals surface area contributed by atoms with E-state index in [-0.39, 0.29) is 29.9 Å². The number of esters is 1. The van der Waals surface area contributed by atoms with Crippen LogP contribution in [0.3, 0.4) is 0 Å². The second kappa shape index (κ2) is 8.36. The topological polar surface area (TPSA) is 76.1 Å². The molecule has 1 aliphatic heterocycles. The molecule has 3 aliphatic carbocycles. The minimum absolute atomic E-state index is 0.0558. The number of benzene rings is 1. The van der Waals surface area contributed by atoms with Crippen molar-refractivity contribution in [2.24, 2.45) is 11.3 Å². The molecular formula is C27H34FNO5. The number of fused-ring (bicyclic) bond motifs is 2. The molecule has 4 atom stereocenters. The van der Waals surface area contributed by atoms with E-state index in [0.717, 1.165) is 44.1 Å². The number of amides is 1. The van der Waals surface area contributed by atoms with Crippen LogP contribution >= 0.6 is 0 Å². The van der Waals surface area contributed by atoms with E-state index in [1.165, 1.54) is 23.6 Å². The van der Waals surface area contributed by atoms with Crippen LogP contribution in [0.2, 0.25) is 0 Å². The monoisotopic (exact) mass is 471 g/mol. The van der Waals surface area contributed by atoms with E-state index in [9.17, 15) is 14.7 Å². The molecule has 184 valence electrons. The van der Waals surface area contributed by atoms with E-state index >= 15 is 4.39 Å². The van der Waals surface area contributed by atoms with Gasteiger partial charge in [-0.1, -0.05) is 18.6 Å². The largest absolute Gasteiger partial charge is 0.493 e. The standard InChI is InChI=1S/C27H34FNO5/c1-16-8-17-6-7-27(11-16,12-17)15-34-23-10-21(28)20(9-19(23)18-4-5-18)24(30)29-14-26(2,32)13-22(29)25(31)33-3/h6,9-10,16,18,22,32H,4-5,7-8,11-15H2,1-3H3/t16?,22-,26?,27?/m0/s1. The highest BCUT2D eigenvalue weighted by Gasteiger charge is 2.47. The number of halogens is 1. The molecule has 2 saturated carbocycles. The number of aliphatic hydroxyl groups is 1. The Morgan fingerprint density at radius 2 is 2.03 bits per heavy atom.